The van der Waals surface area contributed by atoms with Gasteiger partial charge in [0.1, 0.15) is 0 Å². The summed E-state index contributed by atoms with van der Waals surface area (Å²) in [7, 11) is 0. The van der Waals surface area contributed by atoms with Crippen LogP contribution in [0.3, 0.4) is 0 Å². The van der Waals surface area contributed by atoms with E-state index in [-0.39, 0.29) is 11.4 Å². The Morgan fingerprint density at radius 2 is 2.07 bits per heavy atom. The molecule has 1 aliphatic rings. The lowest BCUT2D eigenvalue weighted by atomic mass is 9.68. The maximum absolute atomic E-state index is 10.8. The highest BCUT2D eigenvalue weighted by Crippen LogP contribution is 2.41. The maximum atomic E-state index is 10.8. The van der Waals surface area contributed by atoms with Gasteiger partial charge in [0.2, 0.25) is 0 Å². The van der Waals surface area contributed by atoms with Gasteiger partial charge < -0.3 is 4.74 Å². The molecule has 0 aromatic rings. The number of carbonyl (C=O) groups is 1. The summed E-state index contributed by atoms with van der Waals surface area (Å²) in [6, 6.07) is 0. The van der Waals surface area contributed by atoms with Crippen molar-refractivity contribution in [2.75, 3.05) is 6.61 Å². The Morgan fingerprint density at radius 3 is 2.57 bits per heavy atom. The van der Waals surface area contributed by atoms with Crippen molar-refractivity contribution in [2.45, 2.75) is 47.0 Å². The van der Waals surface area contributed by atoms with Crippen LogP contribution in [0.5, 0.6) is 0 Å². The first-order valence-corrected chi connectivity index (χ1v) is 5.56. The lowest BCUT2D eigenvalue weighted by Crippen LogP contribution is -2.33. The van der Waals surface area contributed by atoms with Crippen LogP contribution in [-0.4, -0.2) is 12.6 Å². The van der Waals surface area contributed by atoms with E-state index < -0.39 is 0 Å². The summed E-state index contributed by atoms with van der Waals surface area (Å²) in [6.45, 7) is 8.93. The lowest BCUT2D eigenvalue weighted by Gasteiger charge is -2.39. The normalized spacial score (nSPS) is 38.0. The fourth-order valence-electron chi connectivity index (χ4n) is 2.35. The Hall–Kier alpha value is -0.530. The first kappa shape index (κ1) is 11.5. The number of hydrogen-bond acceptors (Lipinski definition) is 2. The second-order valence-electron chi connectivity index (χ2n) is 5.29. The molecule has 0 spiro atoms. The van der Waals surface area contributed by atoms with Gasteiger partial charge in [-0.3, -0.25) is 4.79 Å². The molecule has 0 heterocycles. The highest BCUT2D eigenvalue weighted by atomic mass is 16.5. The molecular weight excluding hydrogens is 176 g/mol. The van der Waals surface area contributed by atoms with Crippen molar-refractivity contribution in [2.24, 2.45) is 17.3 Å². The molecule has 0 N–H and O–H groups in total. The monoisotopic (exact) mass is 198 g/mol. The van der Waals surface area contributed by atoms with Crippen LogP contribution in [0, 0.1) is 17.3 Å². The minimum atomic E-state index is -0.155. The van der Waals surface area contributed by atoms with E-state index in [1.165, 1.54) is 26.2 Å². The van der Waals surface area contributed by atoms with Crippen LogP contribution < -0.4 is 0 Å². The first-order chi connectivity index (χ1) is 6.43. The van der Waals surface area contributed by atoms with Crippen LogP contribution in [-0.2, 0) is 9.53 Å². The Kier molecular flexibility index (Phi) is 3.57. The van der Waals surface area contributed by atoms with E-state index in [0.717, 1.165) is 11.8 Å². The van der Waals surface area contributed by atoms with Crippen molar-refractivity contribution >= 4 is 5.97 Å². The second kappa shape index (κ2) is 4.33. The van der Waals surface area contributed by atoms with Gasteiger partial charge in [0.05, 0.1) is 6.61 Å². The number of carbonyl (C=O) groups excluding carboxylic acids is 1. The molecule has 0 amide bonds. The van der Waals surface area contributed by atoms with Gasteiger partial charge in [0, 0.05) is 12.3 Å². The second-order valence-corrected chi connectivity index (χ2v) is 5.29. The minimum absolute atomic E-state index is 0.155. The summed E-state index contributed by atoms with van der Waals surface area (Å²) in [5.74, 6) is 1.42. The third-order valence-electron chi connectivity index (χ3n) is 3.61. The lowest BCUT2D eigenvalue weighted by molar-refractivity contribution is -0.145. The van der Waals surface area contributed by atoms with Gasteiger partial charge in [0.25, 0.3) is 0 Å². The number of rotatable bonds is 2. The topological polar surface area (TPSA) is 26.3 Å². The predicted octanol–water partition coefficient (Wildman–Crippen LogP) is 3.01. The molecule has 3 unspecified atom stereocenters. The van der Waals surface area contributed by atoms with Gasteiger partial charge in [0.15, 0.2) is 0 Å². The molecule has 1 aliphatic carbocycles. The standard InChI is InChI=1S/C12H22O2/c1-9-5-6-12(4,7-10(9)2)8-14-11(3)13/h9-10H,5-8H2,1-4H3. The van der Waals surface area contributed by atoms with E-state index in [0.29, 0.717) is 6.61 Å². The molecular formula is C12H22O2. The van der Waals surface area contributed by atoms with Gasteiger partial charge in [-0.05, 0) is 31.1 Å². The van der Waals surface area contributed by atoms with Gasteiger partial charge in [-0.25, -0.2) is 0 Å². The van der Waals surface area contributed by atoms with Crippen LogP contribution in [0.25, 0.3) is 0 Å². The molecule has 1 saturated carbocycles. The van der Waals surface area contributed by atoms with Crippen molar-refractivity contribution < 1.29 is 9.53 Å². The smallest absolute Gasteiger partial charge is 0.302 e. The highest BCUT2D eigenvalue weighted by Gasteiger charge is 2.34. The number of hydrogen-bond donors (Lipinski definition) is 0. The molecule has 14 heavy (non-hydrogen) atoms. The molecule has 82 valence electrons. The summed E-state index contributed by atoms with van der Waals surface area (Å²) < 4.78 is 5.13. The zero-order valence-corrected chi connectivity index (χ0v) is 9.80. The number of esters is 1. The summed E-state index contributed by atoms with van der Waals surface area (Å²) >= 11 is 0. The maximum Gasteiger partial charge on any atom is 0.302 e. The molecule has 3 atom stereocenters. The molecule has 2 heteroatoms. The van der Waals surface area contributed by atoms with E-state index in [2.05, 4.69) is 20.8 Å². The molecule has 1 fully saturated rings. The van der Waals surface area contributed by atoms with Crippen molar-refractivity contribution in [3.8, 4) is 0 Å². The van der Waals surface area contributed by atoms with Gasteiger partial charge in [-0.1, -0.05) is 20.8 Å². The zero-order valence-electron chi connectivity index (χ0n) is 9.80. The van der Waals surface area contributed by atoms with E-state index >= 15 is 0 Å². The predicted molar refractivity (Wildman–Crippen MR) is 56.9 cm³/mol. The molecule has 0 aromatic carbocycles. The molecule has 0 aromatic heterocycles. The SMILES string of the molecule is CC(=O)OCC1(C)CCC(C)C(C)C1. The van der Waals surface area contributed by atoms with Crippen molar-refractivity contribution in [1.29, 1.82) is 0 Å². The molecule has 2 nitrogen and oxygen atoms in total. The van der Waals surface area contributed by atoms with Crippen molar-refractivity contribution in [3.63, 3.8) is 0 Å². The van der Waals surface area contributed by atoms with E-state index in [1.54, 1.807) is 0 Å². The third-order valence-corrected chi connectivity index (χ3v) is 3.61. The summed E-state index contributed by atoms with van der Waals surface area (Å²) in [4.78, 5) is 10.8. The Bertz CT molecular complexity index is 212. The van der Waals surface area contributed by atoms with Gasteiger partial charge in [-0.2, -0.15) is 0 Å². The minimum Gasteiger partial charge on any atom is -0.465 e. The number of ether oxygens (including phenoxy) is 1. The average molecular weight is 198 g/mol. The molecule has 0 aliphatic heterocycles. The van der Waals surface area contributed by atoms with E-state index in [9.17, 15) is 4.79 Å². The fraction of sp³-hybridized carbons (Fsp3) is 0.917. The van der Waals surface area contributed by atoms with Crippen molar-refractivity contribution in [3.05, 3.63) is 0 Å². The van der Waals surface area contributed by atoms with Crippen molar-refractivity contribution in [1.82, 2.24) is 0 Å². The fourth-order valence-corrected chi connectivity index (χ4v) is 2.35. The van der Waals surface area contributed by atoms with Gasteiger partial charge >= 0.3 is 5.97 Å². The molecule has 0 radical (unpaired) electrons. The van der Waals surface area contributed by atoms with Gasteiger partial charge in [-0.15, -0.1) is 0 Å². The van der Waals surface area contributed by atoms with Crippen LogP contribution in [0.15, 0.2) is 0 Å². The van der Waals surface area contributed by atoms with Crippen LogP contribution >= 0.6 is 0 Å². The zero-order chi connectivity index (χ0) is 10.8. The van der Waals surface area contributed by atoms with Crippen LogP contribution in [0.2, 0.25) is 0 Å². The Morgan fingerprint density at radius 1 is 1.43 bits per heavy atom. The first-order valence-electron chi connectivity index (χ1n) is 5.56. The van der Waals surface area contributed by atoms with Crippen LogP contribution in [0.1, 0.15) is 47.0 Å². The summed E-state index contributed by atoms with van der Waals surface area (Å²) in [5.41, 5.74) is 0.220. The van der Waals surface area contributed by atoms with Crippen LogP contribution in [0.4, 0.5) is 0 Å². The molecule has 1 rings (SSSR count). The largest absolute Gasteiger partial charge is 0.465 e. The summed E-state index contributed by atoms with van der Waals surface area (Å²) in [6.07, 6.45) is 3.63. The van der Waals surface area contributed by atoms with E-state index in [4.69, 9.17) is 4.74 Å². The Balaban J connectivity index is 2.45. The molecule has 0 saturated heterocycles. The Labute approximate surface area is 87.0 Å². The summed E-state index contributed by atoms with van der Waals surface area (Å²) in [5, 5.41) is 0. The highest BCUT2D eigenvalue weighted by molar-refractivity contribution is 5.65. The van der Waals surface area contributed by atoms with E-state index in [1.807, 2.05) is 0 Å². The molecule has 0 bridgehead atoms. The average Bonchev–Trinajstić information content (AvgIpc) is 2.09. The quantitative estimate of drug-likeness (QED) is 0.637. The third kappa shape index (κ3) is 3.00.